The molecule has 1 aromatic carbocycles. The maximum atomic E-state index is 13.2. The van der Waals surface area contributed by atoms with Gasteiger partial charge in [-0.15, -0.1) is 0 Å². The molecule has 84 valence electrons. The summed E-state index contributed by atoms with van der Waals surface area (Å²) in [5, 5.41) is 0. The molecule has 1 aliphatic rings. The third-order valence-electron chi connectivity index (χ3n) is 2.60. The number of hydrogen-bond acceptors (Lipinski definition) is 2. The largest absolute Gasteiger partial charge is 0.299 e. The van der Waals surface area contributed by atoms with Crippen LogP contribution in [0.5, 0.6) is 0 Å². The molecule has 1 aliphatic carbocycles. The summed E-state index contributed by atoms with van der Waals surface area (Å²) < 4.78 is 26.0. The van der Waals surface area contributed by atoms with Gasteiger partial charge in [0, 0.05) is 5.92 Å². The van der Waals surface area contributed by atoms with Gasteiger partial charge in [-0.3, -0.25) is 9.59 Å². The van der Waals surface area contributed by atoms with Crippen molar-refractivity contribution < 1.29 is 18.4 Å². The second-order valence-corrected chi connectivity index (χ2v) is 3.96. The van der Waals surface area contributed by atoms with E-state index in [1.807, 2.05) is 0 Å². The predicted octanol–water partition coefficient (Wildman–Crippen LogP) is 2.52. The van der Waals surface area contributed by atoms with Gasteiger partial charge >= 0.3 is 0 Å². The maximum absolute atomic E-state index is 13.2. The van der Waals surface area contributed by atoms with Crippen molar-refractivity contribution in [2.24, 2.45) is 5.92 Å². The number of benzene rings is 1. The number of Topliss-reactive ketones (excluding diaryl/α,β-unsaturated/α-hetero) is 2. The van der Waals surface area contributed by atoms with Gasteiger partial charge in [-0.05, 0) is 31.0 Å². The molecule has 0 aromatic heterocycles. The van der Waals surface area contributed by atoms with Crippen LogP contribution in [0.1, 0.15) is 29.6 Å². The normalized spacial score (nSPS) is 14.9. The molecule has 2 nitrogen and oxygen atoms in total. The molecule has 0 spiro atoms. The molecule has 1 saturated carbocycles. The van der Waals surface area contributed by atoms with Crippen LogP contribution in [-0.4, -0.2) is 11.6 Å². The van der Waals surface area contributed by atoms with Gasteiger partial charge in [0.1, 0.15) is 17.4 Å². The molecule has 0 bridgehead atoms. The highest BCUT2D eigenvalue weighted by atomic mass is 19.1. The Morgan fingerprint density at radius 2 is 1.94 bits per heavy atom. The highest BCUT2D eigenvalue weighted by molar-refractivity contribution is 6.09. The molecule has 1 aromatic rings. The van der Waals surface area contributed by atoms with Crippen LogP contribution in [-0.2, 0) is 4.79 Å². The molecule has 0 atom stereocenters. The van der Waals surface area contributed by atoms with Crippen molar-refractivity contribution in [3.63, 3.8) is 0 Å². The highest BCUT2D eigenvalue weighted by Gasteiger charge is 2.31. The van der Waals surface area contributed by atoms with E-state index >= 15 is 0 Å². The third kappa shape index (κ3) is 2.32. The third-order valence-corrected chi connectivity index (χ3v) is 2.60. The summed E-state index contributed by atoms with van der Waals surface area (Å²) in [5.41, 5.74) is -0.339. The highest BCUT2D eigenvalue weighted by Crippen LogP contribution is 2.31. The standard InChI is InChI=1S/C12H10F2O2/c13-8-3-4-10(14)9(5-8)12(16)6-11(15)7-1-2-7/h3-5,7H,1-2,6H2. The van der Waals surface area contributed by atoms with E-state index < -0.39 is 17.4 Å². The Bertz CT molecular complexity index is 450. The minimum absolute atomic E-state index is 0.0411. The predicted molar refractivity (Wildman–Crippen MR) is 53.0 cm³/mol. The summed E-state index contributed by atoms with van der Waals surface area (Å²) >= 11 is 0. The monoisotopic (exact) mass is 224 g/mol. The van der Waals surface area contributed by atoms with Crippen LogP contribution in [0.3, 0.4) is 0 Å². The van der Waals surface area contributed by atoms with E-state index in [4.69, 9.17) is 0 Å². The summed E-state index contributed by atoms with van der Waals surface area (Å²) in [6, 6.07) is 2.66. The van der Waals surface area contributed by atoms with Crippen molar-refractivity contribution in [3.05, 3.63) is 35.4 Å². The van der Waals surface area contributed by atoms with Gasteiger partial charge in [0.15, 0.2) is 5.78 Å². The first kappa shape index (κ1) is 10.9. The van der Waals surface area contributed by atoms with Crippen molar-refractivity contribution in [1.82, 2.24) is 0 Å². The summed E-state index contributed by atoms with van der Waals surface area (Å²) in [7, 11) is 0. The minimum atomic E-state index is -0.782. The lowest BCUT2D eigenvalue weighted by molar-refractivity contribution is -0.119. The molecule has 0 radical (unpaired) electrons. The second-order valence-electron chi connectivity index (χ2n) is 3.96. The van der Waals surface area contributed by atoms with Crippen LogP contribution in [0, 0.1) is 17.6 Å². The molecule has 4 heteroatoms. The van der Waals surface area contributed by atoms with E-state index in [0.717, 1.165) is 31.0 Å². The molecule has 0 amide bonds. The molecule has 0 unspecified atom stereocenters. The first-order valence-electron chi connectivity index (χ1n) is 5.09. The van der Waals surface area contributed by atoms with Gasteiger partial charge in [0.2, 0.25) is 0 Å². The van der Waals surface area contributed by atoms with Crippen molar-refractivity contribution in [2.45, 2.75) is 19.3 Å². The number of rotatable bonds is 4. The fourth-order valence-electron chi connectivity index (χ4n) is 1.51. The van der Waals surface area contributed by atoms with Crippen LogP contribution >= 0.6 is 0 Å². The Morgan fingerprint density at radius 1 is 1.25 bits per heavy atom. The SMILES string of the molecule is O=C(CC(=O)C1CC1)c1cc(F)ccc1F. The van der Waals surface area contributed by atoms with E-state index in [-0.39, 0.29) is 23.7 Å². The Morgan fingerprint density at radius 3 is 2.56 bits per heavy atom. The molecule has 0 N–H and O–H groups in total. The molecule has 0 aliphatic heterocycles. The van der Waals surface area contributed by atoms with Crippen LogP contribution in [0.4, 0.5) is 8.78 Å². The smallest absolute Gasteiger partial charge is 0.173 e. The summed E-state index contributed by atoms with van der Waals surface area (Å²) in [4.78, 5) is 22.9. The fraction of sp³-hybridized carbons (Fsp3) is 0.333. The van der Waals surface area contributed by atoms with Gasteiger partial charge < -0.3 is 0 Å². The van der Waals surface area contributed by atoms with Crippen LogP contribution in [0.25, 0.3) is 0 Å². The van der Waals surface area contributed by atoms with Crippen LogP contribution in [0.2, 0.25) is 0 Å². The number of carbonyl (C=O) groups excluding carboxylic acids is 2. The molecular formula is C12H10F2O2. The molecule has 2 rings (SSSR count). The topological polar surface area (TPSA) is 34.1 Å². The number of halogens is 2. The van der Waals surface area contributed by atoms with Gasteiger partial charge in [-0.25, -0.2) is 8.78 Å². The Labute approximate surface area is 91.3 Å². The molecule has 0 saturated heterocycles. The lowest BCUT2D eigenvalue weighted by atomic mass is 10.0. The van der Waals surface area contributed by atoms with Crippen molar-refractivity contribution in [2.75, 3.05) is 0 Å². The Hall–Kier alpha value is -1.58. The molecule has 0 heterocycles. The van der Waals surface area contributed by atoms with Gasteiger partial charge in [-0.1, -0.05) is 0 Å². The van der Waals surface area contributed by atoms with E-state index in [9.17, 15) is 18.4 Å². The second kappa shape index (κ2) is 4.12. The molecular weight excluding hydrogens is 214 g/mol. The molecule has 16 heavy (non-hydrogen) atoms. The van der Waals surface area contributed by atoms with Gasteiger partial charge in [0.05, 0.1) is 12.0 Å². The first-order valence-corrected chi connectivity index (χ1v) is 5.09. The fourth-order valence-corrected chi connectivity index (χ4v) is 1.51. The quantitative estimate of drug-likeness (QED) is 0.581. The zero-order valence-electron chi connectivity index (χ0n) is 8.50. The van der Waals surface area contributed by atoms with Crippen LogP contribution < -0.4 is 0 Å². The summed E-state index contributed by atoms with van der Waals surface area (Å²) in [6.45, 7) is 0. The average Bonchev–Trinajstić information content (AvgIpc) is 3.04. The minimum Gasteiger partial charge on any atom is -0.299 e. The average molecular weight is 224 g/mol. The van der Waals surface area contributed by atoms with Gasteiger partial charge in [-0.2, -0.15) is 0 Å². The summed E-state index contributed by atoms with van der Waals surface area (Å²) in [6.07, 6.45) is 1.28. The zero-order valence-corrected chi connectivity index (χ0v) is 8.50. The van der Waals surface area contributed by atoms with Crippen molar-refractivity contribution in [1.29, 1.82) is 0 Å². The van der Waals surface area contributed by atoms with E-state index in [1.165, 1.54) is 0 Å². The molecule has 1 fully saturated rings. The number of hydrogen-bond donors (Lipinski definition) is 0. The van der Waals surface area contributed by atoms with Crippen molar-refractivity contribution >= 4 is 11.6 Å². The lowest BCUT2D eigenvalue weighted by Crippen LogP contribution is -2.11. The van der Waals surface area contributed by atoms with Crippen molar-refractivity contribution in [3.8, 4) is 0 Å². The van der Waals surface area contributed by atoms with Gasteiger partial charge in [0.25, 0.3) is 0 Å². The van der Waals surface area contributed by atoms with E-state index in [0.29, 0.717) is 0 Å². The maximum Gasteiger partial charge on any atom is 0.173 e. The Kier molecular flexibility index (Phi) is 2.81. The Balaban J connectivity index is 2.13. The first-order chi connectivity index (χ1) is 7.58. The summed E-state index contributed by atoms with van der Waals surface area (Å²) in [5.74, 6) is -2.32. The number of carbonyl (C=O) groups is 2. The lowest BCUT2D eigenvalue weighted by Gasteiger charge is -2.01. The van der Waals surface area contributed by atoms with E-state index in [1.54, 1.807) is 0 Å². The zero-order chi connectivity index (χ0) is 11.7. The van der Waals surface area contributed by atoms with Crippen LogP contribution in [0.15, 0.2) is 18.2 Å². The van der Waals surface area contributed by atoms with E-state index in [2.05, 4.69) is 0 Å². The number of ketones is 2.